The Balaban J connectivity index is 3.00. The number of thiocarbonyl (C=S) groups is 1. The zero-order chi connectivity index (χ0) is 13.9. The first-order chi connectivity index (χ1) is 8.32. The molecule has 0 aliphatic heterocycles. The largest absolute Gasteiger partial charge is 0.392 e. The number of hydrogen-bond donors (Lipinski definition) is 1. The van der Waals surface area contributed by atoms with Crippen molar-refractivity contribution in [1.82, 2.24) is 4.90 Å². The molecule has 0 aromatic heterocycles. The van der Waals surface area contributed by atoms with Crippen LogP contribution in [0.2, 0.25) is 0 Å². The standard InChI is InChI=1S/C12H15BrF2N2S/c1-7(2)17(6-11(16)18)5-8-10(14)4-3-9(13)12(8)15/h3-4,7H,5-6H2,1-2H3,(H2,16,18). The third kappa shape index (κ3) is 3.96. The maximum absolute atomic E-state index is 13.8. The molecule has 6 heteroatoms. The summed E-state index contributed by atoms with van der Waals surface area (Å²) in [6.07, 6.45) is 0. The minimum atomic E-state index is -0.580. The number of nitrogens with two attached hydrogens (primary N) is 1. The fraction of sp³-hybridized carbons (Fsp3) is 0.417. The lowest BCUT2D eigenvalue weighted by molar-refractivity contribution is 0.238. The third-order valence-corrected chi connectivity index (χ3v) is 3.33. The molecule has 0 spiro atoms. The van der Waals surface area contributed by atoms with Crippen molar-refractivity contribution in [2.45, 2.75) is 26.4 Å². The number of halogens is 3. The molecular formula is C12H15BrF2N2S. The minimum absolute atomic E-state index is 0.0225. The Morgan fingerprint density at radius 1 is 1.44 bits per heavy atom. The van der Waals surface area contributed by atoms with Crippen LogP contribution in [0.4, 0.5) is 8.78 Å². The van der Waals surface area contributed by atoms with Crippen LogP contribution in [0, 0.1) is 11.6 Å². The van der Waals surface area contributed by atoms with E-state index in [4.69, 9.17) is 18.0 Å². The highest BCUT2D eigenvalue weighted by Crippen LogP contribution is 2.23. The topological polar surface area (TPSA) is 29.3 Å². The summed E-state index contributed by atoms with van der Waals surface area (Å²) in [7, 11) is 0. The van der Waals surface area contributed by atoms with Gasteiger partial charge in [0.2, 0.25) is 0 Å². The van der Waals surface area contributed by atoms with Gasteiger partial charge in [-0.1, -0.05) is 12.2 Å². The van der Waals surface area contributed by atoms with Crippen LogP contribution in [0.25, 0.3) is 0 Å². The fourth-order valence-electron chi connectivity index (χ4n) is 1.54. The van der Waals surface area contributed by atoms with Crippen LogP contribution in [0.15, 0.2) is 16.6 Å². The maximum Gasteiger partial charge on any atom is 0.144 e. The van der Waals surface area contributed by atoms with E-state index < -0.39 is 11.6 Å². The lowest BCUT2D eigenvalue weighted by Crippen LogP contribution is -2.37. The van der Waals surface area contributed by atoms with Crippen LogP contribution >= 0.6 is 28.1 Å². The Bertz CT molecular complexity index is 452. The van der Waals surface area contributed by atoms with Crippen LogP contribution in [-0.2, 0) is 6.54 Å². The summed E-state index contributed by atoms with van der Waals surface area (Å²) in [5.41, 5.74) is 5.51. The SMILES string of the molecule is CC(C)N(CC(N)=S)Cc1c(F)ccc(Br)c1F. The summed E-state index contributed by atoms with van der Waals surface area (Å²) in [5, 5.41) is 0. The molecule has 0 radical (unpaired) electrons. The Labute approximate surface area is 119 Å². The van der Waals surface area contributed by atoms with Gasteiger partial charge in [-0.05, 0) is 41.9 Å². The van der Waals surface area contributed by atoms with E-state index in [1.165, 1.54) is 12.1 Å². The molecule has 2 nitrogen and oxygen atoms in total. The number of benzene rings is 1. The van der Waals surface area contributed by atoms with E-state index in [1.807, 2.05) is 18.7 Å². The molecule has 0 unspecified atom stereocenters. The average molecular weight is 337 g/mol. The van der Waals surface area contributed by atoms with Crippen molar-refractivity contribution < 1.29 is 8.78 Å². The highest BCUT2D eigenvalue weighted by Gasteiger charge is 2.18. The molecule has 0 fully saturated rings. The van der Waals surface area contributed by atoms with E-state index in [0.717, 1.165) is 0 Å². The summed E-state index contributed by atoms with van der Waals surface area (Å²) in [5.74, 6) is -1.15. The van der Waals surface area contributed by atoms with Crippen LogP contribution in [0.5, 0.6) is 0 Å². The van der Waals surface area contributed by atoms with Crippen LogP contribution < -0.4 is 5.73 Å². The van der Waals surface area contributed by atoms with E-state index in [0.29, 0.717) is 11.5 Å². The summed E-state index contributed by atoms with van der Waals surface area (Å²) in [6, 6.07) is 2.67. The minimum Gasteiger partial charge on any atom is -0.392 e. The molecule has 1 rings (SSSR count). The maximum atomic E-state index is 13.8. The number of nitrogens with zero attached hydrogens (tertiary/aromatic N) is 1. The molecular weight excluding hydrogens is 322 g/mol. The predicted octanol–water partition coefficient (Wildman–Crippen LogP) is 3.22. The molecule has 0 aliphatic rings. The second kappa shape index (κ2) is 6.54. The zero-order valence-corrected chi connectivity index (χ0v) is 12.6. The van der Waals surface area contributed by atoms with Gasteiger partial charge < -0.3 is 5.73 Å². The van der Waals surface area contributed by atoms with Crippen LogP contribution in [0.1, 0.15) is 19.4 Å². The molecule has 100 valence electrons. The Morgan fingerprint density at radius 2 is 2.06 bits per heavy atom. The molecule has 1 aromatic rings. The Morgan fingerprint density at radius 3 is 2.56 bits per heavy atom. The average Bonchev–Trinajstić information content (AvgIpc) is 2.27. The summed E-state index contributed by atoms with van der Waals surface area (Å²) in [6.45, 7) is 4.31. The third-order valence-electron chi connectivity index (χ3n) is 2.59. The molecule has 0 aliphatic carbocycles. The first-order valence-corrected chi connectivity index (χ1v) is 6.67. The molecule has 0 atom stereocenters. The van der Waals surface area contributed by atoms with E-state index in [1.54, 1.807) is 0 Å². The Hall–Kier alpha value is -0.590. The van der Waals surface area contributed by atoms with Crippen molar-refractivity contribution in [1.29, 1.82) is 0 Å². The van der Waals surface area contributed by atoms with E-state index >= 15 is 0 Å². The van der Waals surface area contributed by atoms with Gasteiger partial charge in [-0.15, -0.1) is 0 Å². The van der Waals surface area contributed by atoms with Crippen LogP contribution in [-0.4, -0.2) is 22.5 Å². The highest BCUT2D eigenvalue weighted by molar-refractivity contribution is 9.10. The van der Waals surface area contributed by atoms with Gasteiger partial charge in [-0.25, -0.2) is 8.78 Å². The van der Waals surface area contributed by atoms with E-state index in [-0.39, 0.29) is 22.6 Å². The molecule has 18 heavy (non-hydrogen) atoms. The fourth-order valence-corrected chi connectivity index (χ4v) is 2.08. The van der Waals surface area contributed by atoms with Crippen molar-refractivity contribution in [3.05, 3.63) is 33.8 Å². The van der Waals surface area contributed by atoms with Crippen molar-refractivity contribution in [3.8, 4) is 0 Å². The monoisotopic (exact) mass is 336 g/mol. The van der Waals surface area contributed by atoms with Crippen molar-refractivity contribution >= 4 is 33.1 Å². The summed E-state index contributed by atoms with van der Waals surface area (Å²) in [4.78, 5) is 2.12. The first-order valence-electron chi connectivity index (χ1n) is 5.47. The van der Waals surface area contributed by atoms with Gasteiger partial charge in [0.1, 0.15) is 11.6 Å². The molecule has 1 aromatic carbocycles. The van der Waals surface area contributed by atoms with Gasteiger partial charge in [-0.2, -0.15) is 0 Å². The lowest BCUT2D eigenvalue weighted by Gasteiger charge is -2.26. The second-order valence-corrected chi connectivity index (χ2v) is 5.67. The van der Waals surface area contributed by atoms with Crippen molar-refractivity contribution in [2.75, 3.05) is 6.54 Å². The zero-order valence-electron chi connectivity index (χ0n) is 10.2. The van der Waals surface area contributed by atoms with E-state index in [9.17, 15) is 8.78 Å². The Kier molecular flexibility index (Phi) is 5.62. The van der Waals surface area contributed by atoms with Gasteiger partial charge in [0.15, 0.2) is 0 Å². The normalized spacial score (nSPS) is 11.3. The number of rotatable bonds is 5. The quantitative estimate of drug-likeness (QED) is 0.661. The van der Waals surface area contributed by atoms with E-state index in [2.05, 4.69) is 15.9 Å². The molecule has 0 heterocycles. The molecule has 0 amide bonds. The van der Waals surface area contributed by atoms with Gasteiger partial charge in [-0.3, -0.25) is 4.90 Å². The molecule has 0 bridgehead atoms. The van der Waals surface area contributed by atoms with Gasteiger partial charge in [0.25, 0.3) is 0 Å². The summed E-state index contributed by atoms with van der Waals surface area (Å²) < 4.78 is 27.7. The second-order valence-electron chi connectivity index (χ2n) is 4.29. The molecule has 2 N–H and O–H groups in total. The lowest BCUT2D eigenvalue weighted by atomic mass is 10.1. The van der Waals surface area contributed by atoms with Gasteiger partial charge in [0, 0.05) is 24.7 Å². The van der Waals surface area contributed by atoms with Crippen LogP contribution in [0.3, 0.4) is 0 Å². The summed E-state index contributed by atoms with van der Waals surface area (Å²) >= 11 is 7.89. The highest BCUT2D eigenvalue weighted by atomic mass is 79.9. The molecule has 0 saturated carbocycles. The first kappa shape index (κ1) is 15.5. The van der Waals surface area contributed by atoms with Gasteiger partial charge in [0.05, 0.1) is 9.46 Å². The van der Waals surface area contributed by atoms with Crippen molar-refractivity contribution in [2.24, 2.45) is 5.73 Å². The molecule has 0 saturated heterocycles. The number of hydrogen-bond acceptors (Lipinski definition) is 2. The van der Waals surface area contributed by atoms with Gasteiger partial charge >= 0.3 is 0 Å². The predicted molar refractivity (Wildman–Crippen MR) is 76.4 cm³/mol. The van der Waals surface area contributed by atoms with Crippen molar-refractivity contribution in [3.63, 3.8) is 0 Å². The smallest absolute Gasteiger partial charge is 0.144 e.